The number of rotatable bonds is 1. The Bertz CT molecular complexity index is 356. The number of benzene rings is 1. The molecule has 0 aromatic heterocycles. The van der Waals surface area contributed by atoms with Gasteiger partial charge in [-0.25, -0.2) is 0 Å². The first kappa shape index (κ1) is 8.31. The summed E-state index contributed by atoms with van der Waals surface area (Å²) in [4.78, 5) is 0. The molecule has 0 N–H and O–H groups in total. The molecule has 0 unspecified atom stereocenters. The lowest BCUT2D eigenvalue weighted by Crippen LogP contribution is -1.93. The van der Waals surface area contributed by atoms with Gasteiger partial charge in [0.1, 0.15) is 0 Å². The van der Waals surface area contributed by atoms with Gasteiger partial charge in [0.15, 0.2) is 0 Å². The van der Waals surface area contributed by atoms with Gasteiger partial charge in [-0.15, -0.1) is 0 Å². The molecule has 0 radical (unpaired) electrons. The predicted octanol–water partition coefficient (Wildman–Crippen LogP) is 3.68. The normalized spacial score (nSPS) is 14.8. The van der Waals surface area contributed by atoms with E-state index in [0.29, 0.717) is 0 Å². The van der Waals surface area contributed by atoms with E-state index in [1.807, 2.05) is 0 Å². The zero-order valence-corrected chi connectivity index (χ0v) is 7.96. The molecular weight excluding hydrogens is 156 g/mol. The number of allylic oxidation sites excluding steroid dienone is 2. The van der Waals surface area contributed by atoms with Crippen molar-refractivity contribution in [1.29, 1.82) is 0 Å². The van der Waals surface area contributed by atoms with Crippen LogP contribution < -0.4 is 0 Å². The topological polar surface area (TPSA) is 0 Å². The fourth-order valence-electron chi connectivity index (χ4n) is 1.75. The third-order valence-electron chi connectivity index (χ3n) is 2.40. The van der Waals surface area contributed by atoms with Crippen LogP contribution in [0.1, 0.15) is 30.0 Å². The van der Waals surface area contributed by atoms with Crippen LogP contribution >= 0.6 is 0 Å². The van der Waals surface area contributed by atoms with Crippen molar-refractivity contribution in [3.05, 3.63) is 47.0 Å². The van der Waals surface area contributed by atoms with Crippen LogP contribution in [0.5, 0.6) is 0 Å². The predicted molar refractivity (Wildman–Crippen MR) is 58.5 cm³/mol. The highest BCUT2D eigenvalue weighted by Gasteiger charge is 2.03. The molecule has 1 aromatic carbocycles. The minimum atomic E-state index is 1.19. The molecule has 0 heterocycles. The van der Waals surface area contributed by atoms with E-state index < -0.39 is 0 Å². The first-order valence-electron chi connectivity index (χ1n) is 4.82. The van der Waals surface area contributed by atoms with E-state index in [0.717, 1.165) is 0 Å². The maximum atomic E-state index is 2.29. The lowest BCUT2D eigenvalue weighted by Gasteiger charge is -2.10. The minimum Gasteiger partial charge on any atom is -0.0871 e. The average Bonchev–Trinajstić information content (AvgIpc) is 2.18. The molecule has 0 atom stereocenters. The van der Waals surface area contributed by atoms with Crippen LogP contribution in [0.4, 0.5) is 0 Å². The Morgan fingerprint density at radius 1 is 1.31 bits per heavy atom. The second-order valence-corrected chi connectivity index (χ2v) is 3.40. The summed E-state index contributed by atoms with van der Waals surface area (Å²) in [6, 6.07) is 6.67. The lowest BCUT2D eigenvalue weighted by molar-refractivity contribution is 0.985. The number of hydrogen-bond donors (Lipinski definition) is 0. The molecule has 0 saturated heterocycles. The van der Waals surface area contributed by atoms with Crippen molar-refractivity contribution in [2.45, 2.75) is 19.8 Å². The maximum Gasteiger partial charge on any atom is -0.0227 e. The van der Waals surface area contributed by atoms with E-state index in [1.54, 1.807) is 0 Å². The maximum absolute atomic E-state index is 2.29. The summed E-state index contributed by atoms with van der Waals surface area (Å²) in [5, 5.41) is 0. The Labute approximate surface area is 79.6 Å². The highest BCUT2D eigenvalue weighted by atomic mass is 14.1. The van der Waals surface area contributed by atoms with Gasteiger partial charge in [-0.2, -0.15) is 0 Å². The molecule has 1 aromatic rings. The van der Waals surface area contributed by atoms with Gasteiger partial charge < -0.3 is 0 Å². The van der Waals surface area contributed by atoms with E-state index >= 15 is 0 Å². The van der Waals surface area contributed by atoms with Gasteiger partial charge in [0.05, 0.1) is 0 Å². The lowest BCUT2D eigenvalue weighted by atomic mass is 9.95. The van der Waals surface area contributed by atoms with Gasteiger partial charge in [-0.3, -0.25) is 0 Å². The molecule has 66 valence electrons. The zero-order chi connectivity index (χ0) is 9.10. The molecule has 0 bridgehead atoms. The van der Waals surface area contributed by atoms with Gasteiger partial charge in [0, 0.05) is 0 Å². The molecule has 2 rings (SSSR count). The van der Waals surface area contributed by atoms with Crippen LogP contribution in [0.2, 0.25) is 0 Å². The fourth-order valence-corrected chi connectivity index (χ4v) is 1.75. The smallest absolute Gasteiger partial charge is 0.0227 e. The molecule has 0 aliphatic heterocycles. The Balaban J connectivity index is 2.42. The van der Waals surface area contributed by atoms with Crippen molar-refractivity contribution in [1.82, 2.24) is 0 Å². The van der Waals surface area contributed by atoms with E-state index in [9.17, 15) is 0 Å². The van der Waals surface area contributed by atoms with Crippen molar-refractivity contribution in [3.63, 3.8) is 0 Å². The number of fused-ring (bicyclic) bond motifs is 1. The average molecular weight is 170 g/mol. The summed E-state index contributed by atoms with van der Waals surface area (Å²) < 4.78 is 0. The Kier molecular flexibility index (Phi) is 2.31. The van der Waals surface area contributed by atoms with Crippen molar-refractivity contribution >= 4 is 12.2 Å². The highest BCUT2D eigenvalue weighted by molar-refractivity contribution is 5.61. The third kappa shape index (κ3) is 1.72. The molecule has 0 spiro atoms. The molecule has 0 nitrogen and oxygen atoms in total. The largest absolute Gasteiger partial charge is 0.0871 e. The second-order valence-electron chi connectivity index (χ2n) is 3.40. The van der Waals surface area contributed by atoms with Crippen LogP contribution in [0.3, 0.4) is 0 Å². The van der Waals surface area contributed by atoms with Crippen LogP contribution in [0, 0.1) is 0 Å². The number of aryl methyl sites for hydroxylation is 1. The van der Waals surface area contributed by atoms with Gasteiger partial charge in [-0.05, 0) is 36.5 Å². The minimum absolute atomic E-state index is 1.19. The molecular formula is C13H14. The number of hydrogen-bond acceptors (Lipinski definition) is 0. The Morgan fingerprint density at radius 2 is 2.23 bits per heavy atom. The Hall–Kier alpha value is -1.30. The Morgan fingerprint density at radius 3 is 3.08 bits per heavy atom. The summed E-state index contributed by atoms with van der Waals surface area (Å²) in [5.41, 5.74) is 4.19. The van der Waals surface area contributed by atoms with E-state index in [1.165, 1.54) is 29.5 Å². The van der Waals surface area contributed by atoms with Crippen LogP contribution in [-0.2, 0) is 6.42 Å². The molecule has 0 heteroatoms. The van der Waals surface area contributed by atoms with E-state index in [2.05, 4.69) is 49.4 Å². The van der Waals surface area contributed by atoms with Crippen molar-refractivity contribution < 1.29 is 0 Å². The van der Waals surface area contributed by atoms with Gasteiger partial charge in [-0.1, -0.05) is 42.5 Å². The molecule has 0 amide bonds. The van der Waals surface area contributed by atoms with Gasteiger partial charge in [0.25, 0.3) is 0 Å². The monoisotopic (exact) mass is 170 g/mol. The van der Waals surface area contributed by atoms with Crippen molar-refractivity contribution in [2.75, 3.05) is 0 Å². The SMILES string of the molecule is C/C=C/c1ccc2c(c1)CCC=C2. The summed E-state index contributed by atoms with van der Waals surface area (Å²) in [7, 11) is 0. The van der Waals surface area contributed by atoms with E-state index in [4.69, 9.17) is 0 Å². The van der Waals surface area contributed by atoms with Crippen LogP contribution in [0.15, 0.2) is 30.4 Å². The third-order valence-corrected chi connectivity index (χ3v) is 2.40. The zero-order valence-electron chi connectivity index (χ0n) is 7.96. The summed E-state index contributed by atoms with van der Waals surface area (Å²) >= 11 is 0. The van der Waals surface area contributed by atoms with Gasteiger partial charge in [0.2, 0.25) is 0 Å². The summed E-state index contributed by atoms with van der Waals surface area (Å²) in [6.45, 7) is 2.05. The van der Waals surface area contributed by atoms with Crippen LogP contribution in [-0.4, -0.2) is 0 Å². The molecule has 0 fully saturated rings. The highest BCUT2D eigenvalue weighted by Crippen LogP contribution is 2.20. The van der Waals surface area contributed by atoms with E-state index in [-0.39, 0.29) is 0 Å². The summed E-state index contributed by atoms with van der Waals surface area (Å²) in [5.74, 6) is 0. The first-order chi connectivity index (χ1) is 6.40. The quantitative estimate of drug-likeness (QED) is 0.603. The standard InChI is InChI=1S/C13H14/c1-2-5-11-8-9-12-6-3-4-7-13(12)10-11/h2-3,5-6,8-10H,4,7H2,1H3/b5-2+. The molecule has 1 aliphatic carbocycles. The molecule has 1 aliphatic rings. The van der Waals surface area contributed by atoms with Crippen molar-refractivity contribution in [3.8, 4) is 0 Å². The fraction of sp³-hybridized carbons (Fsp3) is 0.231. The van der Waals surface area contributed by atoms with Crippen molar-refractivity contribution in [2.24, 2.45) is 0 Å². The van der Waals surface area contributed by atoms with Crippen LogP contribution in [0.25, 0.3) is 12.2 Å². The summed E-state index contributed by atoms with van der Waals surface area (Å²) in [6.07, 6.45) is 11.1. The second kappa shape index (κ2) is 3.61. The molecule has 13 heavy (non-hydrogen) atoms. The first-order valence-corrected chi connectivity index (χ1v) is 4.82. The van der Waals surface area contributed by atoms with Gasteiger partial charge >= 0.3 is 0 Å². The molecule has 0 saturated carbocycles.